The second-order valence-electron chi connectivity index (χ2n) is 9.52. The average Bonchev–Trinajstić information content (AvgIpc) is 2.86. The quantitative estimate of drug-likeness (QED) is 0.250. The van der Waals surface area contributed by atoms with Gasteiger partial charge in [-0.05, 0) is 49.7 Å². The third-order valence-corrected chi connectivity index (χ3v) is 5.87. The minimum absolute atomic E-state index is 0.115. The van der Waals surface area contributed by atoms with Gasteiger partial charge in [0.15, 0.2) is 0 Å². The Morgan fingerprint density at radius 1 is 1.05 bits per heavy atom. The molecule has 0 saturated carbocycles. The van der Waals surface area contributed by atoms with Crippen molar-refractivity contribution in [1.82, 2.24) is 10.2 Å². The van der Waals surface area contributed by atoms with Crippen molar-refractivity contribution in [3.05, 3.63) is 72.3 Å². The summed E-state index contributed by atoms with van der Waals surface area (Å²) in [7, 11) is 0. The average molecular weight is 535 g/mol. The standard InChI is InChI=1S/C28H30N4O5S/c1-28(2,3)37-27(36)31-22(17-38)26(35)32(15-14-29)24(21-10-6-7-11-23(21)33)25(34)30-20-13-12-18-8-4-5-9-19(18)16-20/h4-13,16,22,24,33,38H,15,17H2,1-3H3,(H,30,34)(H,31,36). The second-order valence-corrected chi connectivity index (χ2v) is 9.88. The summed E-state index contributed by atoms with van der Waals surface area (Å²) in [5.74, 6) is -1.75. The number of nitriles is 1. The van der Waals surface area contributed by atoms with Gasteiger partial charge in [0, 0.05) is 17.0 Å². The van der Waals surface area contributed by atoms with Crippen molar-refractivity contribution in [3.63, 3.8) is 0 Å². The largest absolute Gasteiger partial charge is 0.508 e. The molecule has 0 bridgehead atoms. The van der Waals surface area contributed by atoms with Crippen LogP contribution in [0.3, 0.4) is 0 Å². The molecule has 3 N–H and O–H groups in total. The molecule has 0 fully saturated rings. The Hall–Kier alpha value is -4.23. The van der Waals surface area contributed by atoms with Crippen LogP contribution in [-0.4, -0.2) is 51.9 Å². The first-order valence-electron chi connectivity index (χ1n) is 11.9. The molecular formula is C28H30N4O5S. The minimum atomic E-state index is -1.39. The van der Waals surface area contributed by atoms with E-state index in [0.29, 0.717) is 5.69 Å². The molecular weight excluding hydrogens is 504 g/mol. The van der Waals surface area contributed by atoms with Crippen molar-refractivity contribution in [2.45, 2.75) is 38.5 Å². The zero-order chi connectivity index (χ0) is 27.9. The number of phenols is 1. The van der Waals surface area contributed by atoms with Crippen molar-refractivity contribution in [3.8, 4) is 11.8 Å². The number of fused-ring (bicyclic) bond motifs is 1. The van der Waals surface area contributed by atoms with E-state index in [1.807, 2.05) is 36.4 Å². The third kappa shape index (κ3) is 7.17. The minimum Gasteiger partial charge on any atom is -0.508 e. The first kappa shape index (κ1) is 28.3. The maximum atomic E-state index is 13.7. The van der Waals surface area contributed by atoms with E-state index in [9.17, 15) is 24.8 Å². The van der Waals surface area contributed by atoms with Crippen LogP contribution in [0.1, 0.15) is 32.4 Å². The van der Waals surface area contributed by atoms with Crippen molar-refractivity contribution in [1.29, 1.82) is 5.26 Å². The molecule has 0 saturated heterocycles. The van der Waals surface area contributed by atoms with Gasteiger partial charge >= 0.3 is 6.09 Å². The predicted molar refractivity (Wildman–Crippen MR) is 148 cm³/mol. The van der Waals surface area contributed by atoms with Gasteiger partial charge in [-0.15, -0.1) is 0 Å². The highest BCUT2D eigenvalue weighted by atomic mass is 32.1. The number of benzene rings is 3. The number of phenolic OH excluding ortho intramolecular Hbond substituents is 1. The normalized spacial score (nSPS) is 12.6. The van der Waals surface area contributed by atoms with Gasteiger partial charge in [0.1, 0.15) is 30.0 Å². The van der Waals surface area contributed by atoms with Crippen molar-refractivity contribution in [2.24, 2.45) is 0 Å². The Bertz CT molecular complexity index is 1370. The van der Waals surface area contributed by atoms with Crippen LogP contribution in [0.4, 0.5) is 10.5 Å². The number of carbonyl (C=O) groups is 3. The molecule has 10 heteroatoms. The molecule has 3 aromatic rings. The van der Waals surface area contributed by atoms with E-state index in [2.05, 4.69) is 23.3 Å². The summed E-state index contributed by atoms with van der Waals surface area (Å²) >= 11 is 4.20. The second kappa shape index (κ2) is 12.3. The number of thiol groups is 1. The summed E-state index contributed by atoms with van der Waals surface area (Å²) in [5, 5.41) is 27.3. The van der Waals surface area contributed by atoms with Gasteiger partial charge in [-0.2, -0.15) is 17.9 Å². The van der Waals surface area contributed by atoms with Crippen LogP contribution in [-0.2, 0) is 14.3 Å². The lowest BCUT2D eigenvalue weighted by molar-refractivity contribution is -0.139. The number of nitrogens with one attached hydrogen (secondary N) is 2. The lowest BCUT2D eigenvalue weighted by Gasteiger charge is -2.32. The number of amides is 3. The van der Waals surface area contributed by atoms with E-state index in [4.69, 9.17) is 4.74 Å². The molecule has 3 rings (SSSR count). The van der Waals surface area contributed by atoms with Gasteiger partial charge in [0.25, 0.3) is 5.91 Å². The number of nitrogens with zero attached hydrogens (tertiary/aromatic N) is 2. The Balaban J connectivity index is 1.98. The van der Waals surface area contributed by atoms with E-state index in [-0.39, 0.29) is 17.1 Å². The lowest BCUT2D eigenvalue weighted by Crippen LogP contribution is -2.53. The molecule has 198 valence electrons. The van der Waals surface area contributed by atoms with E-state index in [1.165, 1.54) is 12.1 Å². The molecule has 0 heterocycles. The number of para-hydroxylation sites is 1. The van der Waals surface area contributed by atoms with Crippen LogP contribution >= 0.6 is 12.6 Å². The van der Waals surface area contributed by atoms with Gasteiger partial charge in [-0.3, -0.25) is 9.59 Å². The fraction of sp³-hybridized carbons (Fsp3) is 0.286. The lowest BCUT2D eigenvalue weighted by atomic mass is 10.0. The van der Waals surface area contributed by atoms with Crippen LogP contribution < -0.4 is 10.6 Å². The topological polar surface area (TPSA) is 132 Å². The summed E-state index contributed by atoms with van der Waals surface area (Å²) < 4.78 is 5.25. The van der Waals surface area contributed by atoms with Gasteiger partial charge in [-0.1, -0.05) is 48.5 Å². The highest BCUT2D eigenvalue weighted by molar-refractivity contribution is 7.80. The molecule has 2 unspecified atom stereocenters. The smallest absolute Gasteiger partial charge is 0.408 e. The van der Waals surface area contributed by atoms with E-state index in [0.717, 1.165) is 15.7 Å². The Morgan fingerprint density at radius 2 is 1.71 bits per heavy atom. The van der Waals surface area contributed by atoms with Crippen molar-refractivity contribution in [2.75, 3.05) is 17.6 Å². The zero-order valence-corrected chi connectivity index (χ0v) is 22.2. The monoisotopic (exact) mass is 534 g/mol. The number of ether oxygens (including phenoxy) is 1. The molecule has 3 amide bonds. The number of carbonyl (C=O) groups excluding carboxylic acids is 3. The summed E-state index contributed by atoms with van der Waals surface area (Å²) in [6.07, 6.45) is -0.846. The number of anilines is 1. The Kier molecular flexibility index (Phi) is 9.20. The van der Waals surface area contributed by atoms with Crippen molar-refractivity contribution < 1.29 is 24.2 Å². The first-order chi connectivity index (χ1) is 18.0. The summed E-state index contributed by atoms with van der Waals surface area (Å²) in [4.78, 5) is 40.7. The van der Waals surface area contributed by atoms with Crippen LogP contribution in [0.15, 0.2) is 66.7 Å². The van der Waals surface area contributed by atoms with Gasteiger partial charge in [0.2, 0.25) is 5.91 Å². The summed E-state index contributed by atoms with van der Waals surface area (Å²) in [6, 6.07) is 18.3. The van der Waals surface area contributed by atoms with Crippen LogP contribution in [0.25, 0.3) is 10.8 Å². The fourth-order valence-corrected chi connectivity index (χ4v) is 4.10. The highest BCUT2D eigenvalue weighted by Gasteiger charge is 2.37. The van der Waals surface area contributed by atoms with Crippen LogP contribution in [0.5, 0.6) is 5.75 Å². The fourth-order valence-electron chi connectivity index (χ4n) is 3.86. The highest BCUT2D eigenvalue weighted by Crippen LogP contribution is 2.31. The molecule has 0 aromatic heterocycles. The summed E-state index contributed by atoms with van der Waals surface area (Å²) in [5.41, 5.74) is -0.223. The molecule has 2 atom stereocenters. The van der Waals surface area contributed by atoms with Gasteiger partial charge in [-0.25, -0.2) is 4.79 Å². The zero-order valence-electron chi connectivity index (χ0n) is 21.3. The SMILES string of the molecule is CC(C)(C)OC(=O)NC(CS)C(=O)N(CC#N)C(C(=O)Nc1ccc2ccccc2c1)c1ccccc1O. The molecule has 0 radical (unpaired) electrons. The van der Waals surface area contributed by atoms with E-state index >= 15 is 0 Å². The molecule has 0 aliphatic rings. The maximum Gasteiger partial charge on any atom is 0.408 e. The number of hydrogen-bond donors (Lipinski definition) is 4. The molecule has 0 aliphatic carbocycles. The molecule has 9 nitrogen and oxygen atoms in total. The molecule has 0 aliphatic heterocycles. The predicted octanol–water partition coefficient (Wildman–Crippen LogP) is 4.40. The number of rotatable bonds is 8. The Labute approximate surface area is 226 Å². The van der Waals surface area contributed by atoms with Crippen molar-refractivity contribution >= 4 is 47.0 Å². The molecule has 0 spiro atoms. The van der Waals surface area contributed by atoms with E-state index < -0.39 is 42.1 Å². The number of hydrogen-bond acceptors (Lipinski definition) is 7. The van der Waals surface area contributed by atoms with Gasteiger partial charge < -0.3 is 25.4 Å². The molecule has 3 aromatic carbocycles. The van der Waals surface area contributed by atoms with Crippen LogP contribution in [0, 0.1) is 11.3 Å². The summed E-state index contributed by atoms with van der Waals surface area (Å²) in [6.45, 7) is 4.54. The maximum absolute atomic E-state index is 13.7. The number of aromatic hydroxyl groups is 1. The Morgan fingerprint density at radius 3 is 2.34 bits per heavy atom. The van der Waals surface area contributed by atoms with E-state index in [1.54, 1.807) is 45.0 Å². The third-order valence-electron chi connectivity index (χ3n) is 5.50. The van der Waals surface area contributed by atoms with Gasteiger partial charge in [0.05, 0.1) is 6.07 Å². The molecule has 38 heavy (non-hydrogen) atoms. The number of alkyl carbamates (subject to hydrolysis) is 1. The first-order valence-corrected chi connectivity index (χ1v) is 12.5. The van der Waals surface area contributed by atoms with Crippen LogP contribution in [0.2, 0.25) is 0 Å².